The molecule has 5 aliphatic carbocycles. The van der Waals surface area contributed by atoms with Crippen LogP contribution in [-0.2, 0) is 11.2 Å². The van der Waals surface area contributed by atoms with Gasteiger partial charge in [0.1, 0.15) is 5.82 Å². The van der Waals surface area contributed by atoms with Crippen molar-refractivity contribution >= 4 is 0 Å². The summed E-state index contributed by atoms with van der Waals surface area (Å²) in [6.45, 7) is 9.99. The fraction of sp³-hybridized carbons (Fsp3) is 0.862. The van der Waals surface area contributed by atoms with E-state index in [0.717, 1.165) is 53.4 Å². The van der Waals surface area contributed by atoms with Gasteiger partial charge in [0.15, 0.2) is 0 Å². The van der Waals surface area contributed by atoms with E-state index in [2.05, 4.69) is 37.7 Å². The van der Waals surface area contributed by atoms with Crippen molar-refractivity contribution in [2.24, 2.45) is 51.8 Å². The molecule has 1 aromatic rings. The van der Waals surface area contributed by atoms with E-state index < -0.39 is 0 Å². The third-order valence-corrected chi connectivity index (χ3v) is 12.3. The van der Waals surface area contributed by atoms with Crippen molar-refractivity contribution in [3.8, 4) is 0 Å². The molecule has 176 valence electrons. The van der Waals surface area contributed by atoms with Crippen molar-refractivity contribution < 1.29 is 4.74 Å². The SMILES string of the molecule is COC1C[C@H]2[C@@H]3CC[C@H]([C@H](C)CCc4nccc(C)n4)[C@@]3(C)CC[C@@H]2[C@@]2(C)CC[C@@H]3CC132. The molecule has 0 N–H and O–H groups in total. The Morgan fingerprint density at radius 1 is 1.12 bits per heavy atom. The summed E-state index contributed by atoms with van der Waals surface area (Å²) in [6.07, 6.45) is 16.3. The van der Waals surface area contributed by atoms with Gasteiger partial charge in [0, 0.05) is 30.8 Å². The first kappa shape index (κ1) is 21.6. The molecule has 0 radical (unpaired) electrons. The first-order valence-electron chi connectivity index (χ1n) is 13.6. The number of nitrogens with zero attached hydrogens (tertiary/aromatic N) is 2. The monoisotopic (exact) mass is 436 g/mol. The van der Waals surface area contributed by atoms with Crippen LogP contribution < -0.4 is 0 Å². The normalized spacial score (nSPS) is 49.7. The maximum Gasteiger partial charge on any atom is 0.128 e. The van der Waals surface area contributed by atoms with E-state index >= 15 is 0 Å². The first-order chi connectivity index (χ1) is 15.3. The lowest BCUT2D eigenvalue weighted by atomic mass is 9.45. The van der Waals surface area contributed by atoms with Gasteiger partial charge in [-0.2, -0.15) is 0 Å². The molecule has 6 rings (SSSR count). The van der Waals surface area contributed by atoms with E-state index in [1.807, 2.05) is 19.4 Å². The molecule has 3 heteroatoms. The summed E-state index contributed by atoms with van der Waals surface area (Å²) in [5, 5.41) is 0. The highest BCUT2D eigenvalue weighted by molar-refractivity contribution is 5.26. The van der Waals surface area contributed by atoms with Crippen LogP contribution >= 0.6 is 0 Å². The molecular weight excluding hydrogens is 392 g/mol. The van der Waals surface area contributed by atoms with Crippen molar-refractivity contribution in [1.29, 1.82) is 0 Å². The van der Waals surface area contributed by atoms with E-state index in [1.165, 1.54) is 57.8 Å². The third-order valence-electron chi connectivity index (χ3n) is 12.3. The quantitative estimate of drug-likeness (QED) is 0.519. The Hall–Kier alpha value is -0.960. The zero-order valence-electron chi connectivity index (χ0n) is 21.1. The maximum atomic E-state index is 6.30. The minimum atomic E-state index is 0.523. The third kappa shape index (κ3) is 2.75. The van der Waals surface area contributed by atoms with E-state index in [4.69, 9.17) is 4.74 Å². The van der Waals surface area contributed by atoms with Gasteiger partial charge in [0.25, 0.3) is 0 Å². The number of ether oxygens (including phenoxy) is 1. The summed E-state index contributed by atoms with van der Waals surface area (Å²) in [5.41, 5.74) is 2.72. The molecule has 0 bridgehead atoms. The summed E-state index contributed by atoms with van der Waals surface area (Å²) in [6, 6.07) is 2.00. The zero-order valence-corrected chi connectivity index (χ0v) is 21.1. The van der Waals surface area contributed by atoms with Gasteiger partial charge in [-0.15, -0.1) is 0 Å². The Morgan fingerprint density at radius 3 is 2.72 bits per heavy atom. The molecular formula is C29H44N2O. The van der Waals surface area contributed by atoms with Crippen LogP contribution in [0.25, 0.3) is 0 Å². The molecule has 0 aromatic carbocycles. The predicted octanol–water partition coefficient (Wildman–Crippen LogP) is 6.64. The lowest BCUT2D eigenvalue weighted by Crippen LogP contribution is -2.57. The van der Waals surface area contributed by atoms with Gasteiger partial charge >= 0.3 is 0 Å². The predicted molar refractivity (Wildman–Crippen MR) is 128 cm³/mol. The van der Waals surface area contributed by atoms with E-state index in [9.17, 15) is 0 Å². The average molecular weight is 437 g/mol. The highest BCUT2D eigenvalue weighted by Gasteiger charge is 2.77. The molecule has 1 spiro atoms. The lowest BCUT2D eigenvalue weighted by Gasteiger charge is -2.61. The molecule has 0 saturated heterocycles. The molecule has 5 saturated carbocycles. The molecule has 1 aromatic heterocycles. The highest BCUT2D eigenvalue weighted by atomic mass is 16.5. The Morgan fingerprint density at radius 2 is 1.97 bits per heavy atom. The summed E-state index contributed by atoms with van der Waals surface area (Å²) in [4.78, 5) is 9.20. The van der Waals surface area contributed by atoms with Gasteiger partial charge < -0.3 is 4.74 Å². The Balaban J connectivity index is 1.21. The second kappa shape index (κ2) is 7.27. The lowest BCUT2D eigenvalue weighted by molar-refractivity contribution is -0.161. The van der Waals surface area contributed by atoms with Crippen LogP contribution in [0.4, 0.5) is 0 Å². The highest BCUT2D eigenvalue weighted by Crippen LogP contribution is 2.82. The van der Waals surface area contributed by atoms with Gasteiger partial charge in [0.05, 0.1) is 6.10 Å². The molecule has 32 heavy (non-hydrogen) atoms. The number of methoxy groups -OCH3 is 1. The summed E-state index contributed by atoms with van der Waals surface area (Å²) in [5.74, 6) is 6.39. The number of aryl methyl sites for hydroxylation is 2. The zero-order chi connectivity index (χ0) is 22.3. The van der Waals surface area contributed by atoms with E-state index in [0.29, 0.717) is 22.3 Å². The second-order valence-electron chi connectivity index (χ2n) is 13.1. The minimum absolute atomic E-state index is 0.523. The molecule has 0 aliphatic heterocycles. The fourth-order valence-electron chi connectivity index (χ4n) is 10.7. The van der Waals surface area contributed by atoms with Crippen LogP contribution in [0, 0.1) is 58.7 Å². The topological polar surface area (TPSA) is 35.0 Å². The number of hydrogen-bond donors (Lipinski definition) is 0. The van der Waals surface area contributed by atoms with Gasteiger partial charge in [-0.25, -0.2) is 9.97 Å². The van der Waals surface area contributed by atoms with Crippen molar-refractivity contribution in [3.05, 3.63) is 23.8 Å². The van der Waals surface area contributed by atoms with Gasteiger partial charge in [-0.05, 0) is 117 Å². The maximum absolute atomic E-state index is 6.30. The molecule has 5 fully saturated rings. The van der Waals surface area contributed by atoms with Crippen LogP contribution in [0.15, 0.2) is 12.3 Å². The number of aromatic nitrogens is 2. The summed E-state index contributed by atoms with van der Waals surface area (Å²) in [7, 11) is 2.02. The molecule has 10 atom stereocenters. The van der Waals surface area contributed by atoms with Crippen molar-refractivity contribution in [2.75, 3.05) is 7.11 Å². The minimum Gasteiger partial charge on any atom is -0.381 e. The average Bonchev–Trinajstić information content (AvgIpc) is 3.28. The smallest absolute Gasteiger partial charge is 0.128 e. The molecule has 5 aliphatic rings. The van der Waals surface area contributed by atoms with Crippen LogP contribution in [-0.4, -0.2) is 23.2 Å². The summed E-state index contributed by atoms with van der Waals surface area (Å²) >= 11 is 0. The molecule has 3 nitrogen and oxygen atoms in total. The van der Waals surface area contributed by atoms with E-state index in [-0.39, 0.29) is 0 Å². The van der Waals surface area contributed by atoms with Gasteiger partial charge in [-0.3, -0.25) is 0 Å². The van der Waals surface area contributed by atoms with Crippen LogP contribution in [0.5, 0.6) is 0 Å². The van der Waals surface area contributed by atoms with E-state index in [1.54, 1.807) is 0 Å². The number of fused-ring (bicyclic) bond motifs is 4. The van der Waals surface area contributed by atoms with Crippen LogP contribution in [0.3, 0.4) is 0 Å². The largest absolute Gasteiger partial charge is 0.381 e. The second-order valence-corrected chi connectivity index (χ2v) is 13.1. The van der Waals surface area contributed by atoms with Crippen LogP contribution in [0.1, 0.15) is 90.1 Å². The van der Waals surface area contributed by atoms with Gasteiger partial charge in [0.2, 0.25) is 0 Å². The van der Waals surface area contributed by atoms with Crippen LogP contribution in [0.2, 0.25) is 0 Å². The summed E-state index contributed by atoms with van der Waals surface area (Å²) < 4.78 is 6.30. The molecule has 2 unspecified atom stereocenters. The van der Waals surface area contributed by atoms with Crippen molar-refractivity contribution in [1.82, 2.24) is 9.97 Å². The van der Waals surface area contributed by atoms with Gasteiger partial charge in [-0.1, -0.05) is 20.8 Å². The van der Waals surface area contributed by atoms with Crippen molar-refractivity contribution in [3.63, 3.8) is 0 Å². The Labute approximate surface area is 195 Å². The van der Waals surface area contributed by atoms with Crippen molar-refractivity contribution in [2.45, 2.75) is 98.0 Å². The standard InChI is InChI=1S/C29H44N2O/c1-18(6-9-26-30-15-12-19(2)31-26)22-7-8-23-21-16-25(32-5)29-17-20(29)10-14-28(29,4)24(21)11-13-27(22,23)3/h12,15,18,20-25H,6-11,13-14,16-17H2,1-5H3/t18-,20-,21+,22-,23+,24+,25?,27-,28-,29?/m1/s1. The number of rotatable bonds is 5. The molecule has 1 heterocycles. The Bertz CT molecular complexity index is 886. The first-order valence-corrected chi connectivity index (χ1v) is 13.6. The molecule has 0 amide bonds. The fourth-order valence-corrected chi connectivity index (χ4v) is 10.7. The Kier molecular flexibility index (Phi) is 4.90. The number of hydrogen-bond acceptors (Lipinski definition) is 3.